The van der Waals surface area contributed by atoms with E-state index in [-0.39, 0.29) is 17.7 Å². The molecule has 0 radical (unpaired) electrons. The summed E-state index contributed by atoms with van der Waals surface area (Å²) in [7, 11) is 0. The first-order valence-electron chi connectivity index (χ1n) is 10.1. The van der Waals surface area contributed by atoms with E-state index in [0.29, 0.717) is 22.1 Å². The molecule has 1 aliphatic rings. The molecule has 3 aromatic rings. The number of nitrogens with one attached hydrogen (secondary N) is 2. The Morgan fingerprint density at radius 2 is 1.55 bits per heavy atom. The Labute approximate surface area is 195 Å². The third-order valence-electron chi connectivity index (χ3n) is 5.04. The van der Waals surface area contributed by atoms with Crippen LogP contribution in [0.25, 0.3) is 0 Å². The summed E-state index contributed by atoms with van der Waals surface area (Å²) in [5, 5.41) is 11.8. The number of benzene rings is 3. The highest BCUT2D eigenvalue weighted by Crippen LogP contribution is 2.25. The monoisotopic (exact) mass is 461 g/mol. The zero-order valence-corrected chi connectivity index (χ0v) is 18.1. The molecule has 1 aliphatic heterocycles. The van der Waals surface area contributed by atoms with Crippen LogP contribution in [-0.4, -0.2) is 29.5 Å². The summed E-state index contributed by atoms with van der Waals surface area (Å²) < 4.78 is 0. The molecular weight excluding hydrogens is 442 g/mol. The molecule has 33 heavy (non-hydrogen) atoms. The summed E-state index contributed by atoms with van der Waals surface area (Å²) in [5.74, 6) is -1.51. The van der Waals surface area contributed by atoms with Crippen molar-refractivity contribution in [3.63, 3.8) is 0 Å². The first-order valence-corrected chi connectivity index (χ1v) is 10.5. The number of halogens is 1. The Balaban J connectivity index is 1.53. The minimum absolute atomic E-state index is 0.0508. The van der Waals surface area contributed by atoms with Crippen LogP contribution >= 0.6 is 11.6 Å². The van der Waals surface area contributed by atoms with Gasteiger partial charge in [-0.2, -0.15) is 5.10 Å². The topological polar surface area (TPSA) is 117 Å². The first-order chi connectivity index (χ1) is 15.9. The molecule has 0 saturated carbocycles. The molecule has 0 bridgehead atoms. The van der Waals surface area contributed by atoms with Crippen molar-refractivity contribution in [1.29, 1.82) is 0 Å². The fourth-order valence-electron chi connectivity index (χ4n) is 3.40. The number of amides is 3. The molecule has 0 aliphatic carbocycles. The number of hydrogen-bond donors (Lipinski definition) is 3. The largest absolute Gasteiger partial charge is 0.368 e. The Morgan fingerprint density at radius 3 is 2.24 bits per heavy atom. The van der Waals surface area contributed by atoms with Crippen molar-refractivity contribution < 1.29 is 14.4 Å². The molecule has 4 N–H and O–H groups in total. The van der Waals surface area contributed by atoms with Gasteiger partial charge >= 0.3 is 0 Å². The zero-order chi connectivity index (χ0) is 23.4. The molecule has 1 heterocycles. The highest BCUT2D eigenvalue weighted by atomic mass is 35.5. The Bertz CT molecular complexity index is 1230. The zero-order valence-electron chi connectivity index (χ0n) is 17.4. The number of hydrazone groups is 1. The van der Waals surface area contributed by atoms with Gasteiger partial charge in [0.1, 0.15) is 11.8 Å². The normalized spacial score (nSPS) is 15.0. The SMILES string of the molecule is NC(=O)C1CC(C(=O)Nc2ccccc2C(=O)Nc2ccc(Cl)cc2)=NN1c1ccccc1. The quantitative estimate of drug-likeness (QED) is 0.519. The second kappa shape index (κ2) is 9.54. The van der Waals surface area contributed by atoms with Gasteiger partial charge in [0.25, 0.3) is 11.8 Å². The Hall–Kier alpha value is -4.17. The van der Waals surface area contributed by atoms with Gasteiger partial charge in [-0.05, 0) is 48.5 Å². The van der Waals surface area contributed by atoms with Crippen molar-refractivity contribution in [1.82, 2.24) is 0 Å². The van der Waals surface area contributed by atoms with Crippen LogP contribution in [0, 0.1) is 0 Å². The lowest BCUT2D eigenvalue weighted by Gasteiger charge is -2.20. The van der Waals surface area contributed by atoms with Crippen molar-refractivity contribution in [2.75, 3.05) is 15.6 Å². The van der Waals surface area contributed by atoms with Crippen LogP contribution in [0.4, 0.5) is 17.1 Å². The molecule has 0 fully saturated rings. The van der Waals surface area contributed by atoms with E-state index in [9.17, 15) is 14.4 Å². The molecule has 1 atom stereocenters. The third-order valence-corrected chi connectivity index (χ3v) is 5.30. The van der Waals surface area contributed by atoms with E-state index in [1.807, 2.05) is 6.07 Å². The van der Waals surface area contributed by atoms with E-state index >= 15 is 0 Å². The molecule has 0 aromatic heterocycles. The van der Waals surface area contributed by atoms with Gasteiger partial charge in [0, 0.05) is 17.1 Å². The van der Waals surface area contributed by atoms with Crippen LogP contribution < -0.4 is 21.4 Å². The molecular formula is C24H20ClN5O3. The maximum absolute atomic E-state index is 13.0. The minimum atomic E-state index is -0.781. The van der Waals surface area contributed by atoms with Crippen LogP contribution in [0.15, 0.2) is 84.0 Å². The van der Waals surface area contributed by atoms with E-state index in [0.717, 1.165) is 0 Å². The van der Waals surface area contributed by atoms with Crippen molar-refractivity contribution in [3.05, 3.63) is 89.4 Å². The summed E-state index contributed by atoms with van der Waals surface area (Å²) in [5.41, 5.74) is 7.46. The van der Waals surface area contributed by atoms with Gasteiger partial charge in [0.15, 0.2) is 0 Å². The first kappa shape index (κ1) is 22.0. The van der Waals surface area contributed by atoms with Gasteiger partial charge in [-0.25, -0.2) is 0 Å². The molecule has 166 valence electrons. The number of hydrogen-bond acceptors (Lipinski definition) is 5. The predicted molar refractivity (Wildman–Crippen MR) is 128 cm³/mol. The highest BCUT2D eigenvalue weighted by Gasteiger charge is 2.35. The number of carbonyl (C=O) groups excluding carboxylic acids is 3. The molecule has 8 nitrogen and oxygen atoms in total. The number of nitrogens with zero attached hydrogens (tertiary/aromatic N) is 2. The van der Waals surface area contributed by atoms with Gasteiger partial charge in [-0.1, -0.05) is 41.9 Å². The Kier molecular flexibility index (Phi) is 6.37. The van der Waals surface area contributed by atoms with Gasteiger partial charge < -0.3 is 16.4 Å². The van der Waals surface area contributed by atoms with E-state index < -0.39 is 23.8 Å². The van der Waals surface area contributed by atoms with E-state index in [2.05, 4.69) is 15.7 Å². The average molecular weight is 462 g/mol. The molecule has 0 spiro atoms. The molecule has 3 amide bonds. The summed E-state index contributed by atoms with van der Waals surface area (Å²) in [6, 6.07) is 21.5. The van der Waals surface area contributed by atoms with Crippen LogP contribution in [0.1, 0.15) is 16.8 Å². The molecule has 4 rings (SSSR count). The summed E-state index contributed by atoms with van der Waals surface area (Å²) in [6.07, 6.45) is 0.0508. The van der Waals surface area contributed by atoms with Gasteiger partial charge in [-0.3, -0.25) is 19.4 Å². The van der Waals surface area contributed by atoms with Gasteiger partial charge in [0.2, 0.25) is 5.91 Å². The molecule has 1 unspecified atom stereocenters. The van der Waals surface area contributed by atoms with Crippen LogP contribution in [-0.2, 0) is 9.59 Å². The van der Waals surface area contributed by atoms with Crippen molar-refractivity contribution in [2.45, 2.75) is 12.5 Å². The summed E-state index contributed by atoms with van der Waals surface area (Å²) >= 11 is 5.89. The van der Waals surface area contributed by atoms with Gasteiger partial charge in [-0.15, -0.1) is 0 Å². The van der Waals surface area contributed by atoms with Crippen molar-refractivity contribution in [2.24, 2.45) is 10.8 Å². The maximum atomic E-state index is 13.0. The third kappa shape index (κ3) is 5.02. The maximum Gasteiger partial charge on any atom is 0.271 e. The number of carbonyl (C=O) groups is 3. The lowest BCUT2D eigenvalue weighted by Crippen LogP contribution is -2.39. The number of primary amides is 1. The lowest BCUT2D eigenvalue weighted by atomic mass is 10.1. The minimum Gasteiger partial charge on any atom is -0.368 e. The van der Waals surface area contributed by atoms with Crippen LogP contribution in [0.2, 0.25) is 5.02 Å². The predicted octanol–water partition coefficient (Wildman–Crippen LogP) is 3.65. The summed E-state index contributed by atoms with van der Waals surface area (Å²) in [6.45, 7) is 0. The standard InChI is InChI=1S/C24H20ClN5O3/c25-15-10-12-16(13-11-15)27-23(32)18-8-4-5-9-19(18)28-24(33)20-14-21(22(26)31)30(29-20)17-6-2-1-3-7-17/h1-13,21H,14H2,(H2,26,31)(H,27,32)(H,28,33). The van der Waals surface area contributed by atoms with Crippen molar-refractivity contribution in [3.8, 4) is 0 Å². The van der Waals surface area contributed by atoms with E-state index in [1.54, 1.807) is 72.8 Å². The van der Waals surface area contributed by atoms with Crippen molar-refractivity contribution >= 4 is 52.1 Å². The molecule has 3 aromatic carbocycles. The average Bonchev–Trinajstić information content (AvgIpc) is 3.28. The van der Waals surface area contributed by atoms with Gasteiger partial charge in [0.05, 0.1) is 16.9 Å². The lowest BCUT2D eigenvalue weighted by molar-refractivity contribution is -0.119. The fraction of sp³-hybridized carbons (Fsp3) is 0.0833. The molecule has 0 saturated heterocycles. The number of rotatable bonds is 6. The number of nitrogens with two attached hydrogens (primary N) is 1. The molecule has 9 heteroatoms. The second-order valence-electron chi connectivity index (χ2n) is 7.31. The second-order valence-corrected chi connectivity index (χ2v) is 7.75. The fourth-order valence-corrected chi connectivity index (χ4v) is 3.53. The summed E-state index contributed by atoms with van der Waals surface area (Å²) in [4.78, 5) is 37.7. The Morgan fingerprint density at radius 1 is 0.879 bits per heavy atom. The van der Waals surface area contributed by atoms with E-state index in [1.165, 1.54) is 5.01 Å². The number of anilines is 3. The smallest absolute Gasteiger partial charge is 0.271 e. The highest BCUT2D eigenvalue weighted by molar-refractivity contribution is 6.44. The van der Waals surface area contributed by atoms with Crippen LogP contribution in [0.3, 0.4) is 0 Å². The number of para-hydroxylation sites is 2. The van der Waals surface area contributed by atoms with Crippen LogP contribution in [0.5, 0.6) is 0 Å². The van der Waals surface area contributed by atoms with E-state index in [4.69, 9.17) is 17.3 Å².